The summed E-state index contributed by atoms with van der Waals surface area (Å²) in [5, 5.41) is 2.79. The number of aliphatic imine (C=N–C) groups is 1. The van der Waals surface area contributed by atoms with Crippen LogP contribution in [0.1, 0.15) is 50.5 Å². The molecule has 1 aromatic rings. The number of likely N-dealkylation sites (tertiary alicyclic amines) is 1. The molecule has 9 heteroatoms. The number of methoxy groups -OCH3 is 2. The van der Waals surface area contributed by atoms with Crippen molar-refractivity contribution in [3.8, 4) is 11.5 Å². The normalized spacial score (nSPS) is 22.3. The zero-order valence-corrected chi connectivity index (χ0v) is 21.0. The van der Waals surface area contributed by atoms with E-state index in [1.807, 2.05) is 12.1 Å². The summed E-state index contributed by atoms with van der Waals surface area (Å²) in [5.41, 5.74) is 1.16. The van der Waals surface area contributed by atoms with Crippen molar-refractivity contribution in [2.75, 3.05) is 47.0 Å². The lowest BCUT2D eigenvalue weighted by Crippen LogP contribution is -2.46. The summed E-state index contributed by atoms with van der Waals surface area (Å²) in [4.78, 5) is 28.1. The number of hydrogen-bond acceptors (Lipinski definition) is 8. The standard InChI is InChI=1S/C26H39N3O6/c1-32-24-10-9-20(17-25(24)33-2)12-16-34-23-8-4-3-7-22(23)29-15-11-21(18-29)35-26(31)28-14-6-5-13-27-19-30/h9-10,17,21-23H,3-8,11-16,18H2,1-2H3,(H,28,31)/t21-,22-,23-/m1/s1. The molecular formula is C26H39N3O6. The minimum absolute atomic E-state index is 0.0935. The molecule has 0 bridgehead atoms. The summed E-state index contributed by atoms with van der Waals surface area (Å²) >= 11 is 0. The summed E-state index contributed by atoms with van der Waals surface area (Å²) < 4.78 is 22.7. The Morgan fingerprint density at radius 2 is 1.97 bits per heavy atom. The maximum Gasteiger partial charge on any atom is 0.407 e. The third kappa shape index (κ3) is 8.53. The van der Waals surface area contributed by atoms with Gasteiger partial charge in [0.25, 0.3) is 0 Å². The molecule has 1 aliphatic heterocycles. The van der Waals surface area contributed by atoms with Crippen molar-refractivity contribution in [1.82, 2.24) is 10.2 Å². The summed E-state index contributed by atoms with van der Waals surface area (Å²) in [5.74, 6) is 1.47. The highest BCUT2D eigenvalue weighted by molar-refractivity contribution is 5.67. The van der Waals surface area contributed by atoms with Gasteiger partial charge in [-0.25, -0.2) is 14.6 Å². The van der Waals surface area contributed by atoms with Gasteiger partial charge >= 0.3 is 6.09 Å². The van der Waals surface area contributed by atoms with Gasteiger partial charge in [0, 0.05) is 25.7 Å². The second kappa shape index (κ2) is 14.7. The van der Waals surface area contributed by atoms with Crippen LogP contribution in [0.4, 0.5) is 4.79 Å². The fourth-order valence-corrected chi connectivity index (χ4v) is 4.95. The van der Waals surface area contributed by atoms with E-state index in [2.05, 4.69) is 21.3 Å². The van der Waals surface area contributed by atoms with Crippen molar-refractivity contribution in [2.45, 2.75) is 69.6 Å². The average molecular weight is 490 g/mol. The summed E-state index contributed by atoms with van der Waals surface area (Å²) in [6, 6.07) is 6.35. The van der Waals surface area contributed by atoms with Crippen LogP contribution in [0.25, 0.3) is 0 Å². The molecule has 0 aromatic heterocycles. The number of ether oxygens (including phenoxy) is 4. The zero-order chi connectivity index (χ0) is 24.9. The highest BCUT2D eigenvalue weighted by Gasteiger charge is 2.36. The van der Waals surface area contributed by atoms with Crippen molar-refractivity contribution < 1.29 is 28.5 Å². The first-order chi connectivity index (χ1) is 17.1. The van der Waals surface area contributed by atoms with Crippen LogP contribution in [0.5, 0.6) is 11.5 Å². The van der Waals surface area contributed by atoms with Gasteiger partial charge in [-0.3, -0.25) is 4.90 Å². The molecule has 3 atom stereocenters. The monoisotopic (exact) mass is 489 g/mol. The molecule has 0 radical (unpaired) electrons. The highest BCUT2D eigenvalue weighted by atomic mass is 16.6. The first kappa shape index (κ1) is 27.0. The molecule has 0 unspecified atom stereocenters. The van der Waals surface area contributed by atoms with E-state index in [0.717, 1.165) is 68.7 Å². The molecular weight excluding hydrogens is 450 g/mol. The number of benzene rings is 1. The van der Waals surface area contributed by atoms with Gasteiger partial charge < -0.3 is 24.3 Å². The van der Waals surface area contributed by atoms with Gasteiger partial charge in [0.15, 0.2) is 11.5 Å². The zero-order valence-electron chi connectivity index (χ0n) is 21.0. The maximum atomic E-state index is 12.1. The molecule has 1 aliphatic carbocycles. The minimum Gasteiger partial charge on any atom is -0.493 e. The Kier molecular flexibility index (Phi) is 11.3. The van der Waals surface area contributed by atoms with Crippen LogP contribution in [0.2, 0.25) is 0 Å². The van der Waals surface area contributed by atoms with E-state index in [1.54, 1.807) is 14.2 Å². The van der Waals surface area contributed by atoms with Crippen LogP contribution in [-0.4, -0.2) is 82.3 Å². The Morgan fingerprint density at radius 1 is 1.14 bits per heavy atom. The van der Waals surface area contributed by atoms with E-state index < -0.39 is 0 Å². The number of carbonyl (C=O) groups excluding carboxylic acids is 2. The number of carbonyl (C=O) groups is 1. The van der Waals surface area contributed by atoms with Crippen LogP contribution in [0.15, 0.2) is 23.2 Å². The lowest BCUT2D eigenvalue weighted by Gasteiger charge is -2.37. The van der Waals surface area contributed by atoms with Crippen molar-refractivity contribution in [2.24, 2.45) is 4.99 Å². The van der Waals surface area contributed by atoms with E-state index >= 15 is 0 Å². The third-order valence-electron chi connectivity index (χ3n) is 6.79. The van der Waals surface area contributed by atoms with Crippen LogP contribution < -0.4 is 14.8 Å². The molecule has 194 valence electrons. The Labute approximate surface area is 208 Å². The Morgan fingerprint density at radius 3 is 2.77 bits per heavy atom. The van der Waals surface area contributed by atoms with Gasteiger partial charge in [-0.15, -0.1) is 0 Å². The molecule has 1 saturated carbocycles. The number of nitrogens with zero attached hydrogens (tertiary/aromatic N) is 2. The molecule has 1 N–H and O–H groups in total. The molecule has 1 saturated heterocycles. The lowest BCUT2D eigenvalue weighted by molar-refractivity contribution is -0.0319. The van der Waals surface area contributed by atoms with Gasteiger partial charge in [-0.2, -0.15) is 0 Å². The lowest BCUT2D eigenvalue weighted by atomic mass is 9.91. The first-order valence-corrected chi connectivity index (χ1v) is 12.7. The van der Waals surface area contributed by atoms with Crippen molar-refractivity contribution in [1.29, 1.82) is 0 Å². The summed E-state index contributed by atoms with van der Waals surface area (Å²) in [6.07, 6.45) is 8.97. The number of isocyanates is 1. The van der Waals surface area contributed by atoms with E-state index in [4.69, 9.17) is 18.9 Å². The fraction of sp³-hybridized carbons (Fsp3) is 0.692. The Bertz CT molecular complexity index is 844. The second-order valence-corrected chi connectivity index (χ2v) is 9.12. The molecule has 9 nitrogen and oxygen atoms in total. The largest absolute Gasteiger partial charge is 0.493 e. The fourth-order valence-electron chi connectivity index (χ4n) is 4.95. The molecule has 0 spiro atoms. The van der Waals surface area contributed by atoms with E-state index in [1.165, 1.54) is 18.9 Å². The summed E-state index contributed by atoms with van der Waals surface area (Å²) in [7, 11) is 3.29. The van der Waals surface area contributed by atoms with Gasteiger partial charge in [0.1, 0.15) is 6.10 Å². The first-order valence-electron chi connectivity index (χ1n) is 12.7. The predicted octanol–water partition coefficient (Wildman–Crippen LogP) is 3.49. The van der Waals surface area contributed by atoms with E-state index in [9.17, 15) is 9.59 Å². The number of nitrogens with one attached hydrogen (secondary N) is 1. The number of unbranched alkanes of at least 4 members (excludes halogenated alkanes) is 1. The molecule has 3 rings (SSSR count). The Balaban J connectivity index is 1.41. The molecule has 1 aromatic carbocycles. The number of amides is 1. The quantitative estimate of drug-likeness (QED) is 0.257. The number of rotatable bonds is 13. The van der Waals surface area contributed by atoms with Crippen molar-refractivity contribution in [3.63, 3.8) is 0 Å². The third-order valence-corrected chi connectivity index (χ3v) is 6.79. The number of alkyl carbamates (subject to hydrolysis) is 1. The van der Waals surface area contributed by atoms with Crippen LogP contribution in [-0.2, 0) is 20.7 Å². The average Bonchev–Trinajstić information content (AvgIpc) is 3.34. The highest BCUT2D eigenvalue weighted by Crippen LogP contribution is 2.30. The molecule has 2 aliphatic rings. The van der Waals surface area contributed by atoms with Gasteiger partial charge in [-0.1, -0.05) is 18.9 Å². The van der Waals surface area contributed by atoms with Crippen molar-refractivity contribution >= 4 is 12.2 Å². The van der Waals surface area contributed by atoms with Gasteiger partial charge in [0.2, 0.25) is 6.08 Å². The van der Waals surface area contributed by atoms with Crippen LogP contribution in [0.3, 0.4) is 0 Å². The van der Waals surface area contributed by atoms with Crippen LogP contribution >= 0.6 is 0 Å². The van der Waals surface area contributed by atoms with Crippen molar-refractivity contribution in [3.05, 3.63) is 23.8 Å². The van der Waals surface area contributed by atoms with Crippen LogP contribution in [0, 0.1) is 0 Å². The molecule has 2 fully saturated rings. The predicted molar refractivity (Wildman–Crippen MR) is 132 cm³/mol. The van der Waals surface area contributed by atoms with E-state index in [-0.39, 0.29) is 18.3 Å². The van der Waals surface area contributed by atoms with E-state index in [0.29, 0.717) is 25.7 Å². The molecule has 1 heterocycles. The molecule has 35 heavy (non-hydrogen) atoms. The topological polar surface area (TPSA) is 98.7 Å². The SMILES string of the molecule is COc1ccc(CCO[C@@H]2CCCC[C@H]2N2CC[C@@H](OC(=O)NCCCCN=C=O)C2)cc1OC. The Hall–Kier alpha value is -2.61. The second-order valence-electron chi connectivity index (χ2n) is 9.12. The van der Waals surface area contributed by atoms with Gasteiger partial charge in [0.05, 0.1) is 33.5 Å². The maximum absolute atomic E-state index is 12.1. The number of hydrogen-bond donors (Lipinski definition) is 1. The minimum atomic E-state index is -0.373. The smallest absolute Gasteiger partial charge is 0.407 e. The summed E-state index contributed by atoms with van der Waals surface area (Å²) in [6.45, 7) is 3.29. The molecule has 1 amide bonds. The van der Waals surface area contributed by atoms with Gasteiger partial charge in [-0.05, 0) is 56.2 Å².